The van der Waals surface area contributed by atoms with Crippen molar-refractivity contribution < 1.29 is 4.74 Å². The molecule has 3 heterocycles. The fraction of sp³-hybridized carbons (Fsp3) is 0.350. The first-order valence-corrected chi connectivity index (χ1v) is 9.92. The number of hydrogen-bond acceptors (Lipinski definition) is 5. The Balaban J connectivity index is 1.58. The van der Waals surface area contributed by atoms with E-state index in [0.717, 1.165) is 48.3 Å². The average Bonchev–Trinajstić information content (AvgIpc) is 3.33. The molecule has 6 heteroatoms. The minimum absolute atomic E-state index is 0.241. The Kier molecular flexibility index (Phi) is 5.32. The summed E-state index contributed by atoms with van der Waals surface area (Å²) < 4.78 is 8.05. The second kappa shape index (κ2) is 8.01. The summed E-state index contributed by atoms with van der Waals surface area (Å²) in [5.74, 6) is 1.76. The van der Waals surface area contributed by atoms with Crippen molar-refractivity contribution in [1.82, 2.24) is 19.7 Å². The number of benzene rings is 1. The summed E-state index contributed by atoms with van der Waals surface area (Å²) in [6, 6.07) is 12.6. The van der Waals surface area contributed by atoms with E-state index in [1.165, 1.54) is 11.1 Å². The number of aromatic nitrogens is 4. The van der Waals surface area contributed by atoms with Crippen LogP contribution >= 0.6 is 11.8 Å². The number of nitrogens with zero attached hydrogens (tertiary/aromatic N) is 4. The maximum Gasteiger partial charge on any atom is 0.191 e. The number of rotatable bonds is 6. The summed E-state index contributed by atoms with van der Waals surface area (Å²) in [6.45, 7) is 3.75. The lowest BCUT2D eigenvalue weighted by Gasteiger charge is -2.14. The van der Waals surface area contributed by atoms with E-state index in [2.05, 4.69) is 50.9 Å². The zero-order chi connectivity index (χ0) is 17.8. The summed E-state index contributed by atoms with van der Waals surface area (Å²) >= 11 is 1.72. The van der Waals surface area contributed by atoms with Crippen molar-refractivity contribution in [3.63, 3.8) is 0 Å². The average molecular weight is 366 g/mol. The Hall–Kier alpha value is -2.18. The number of pyridine rings is 1. The molecule has 4 rings (SSSR count). The van der Waals surface area contributed by atoms with Gasteiger partial charge in [-0.2, -0.15) is 0 Å². The number of hydrogen-bond donors (Lipinski definition) is 0. The van der Waals surface area contributed by atoms with Gasteiger partial charge in [-0.05, 0) is 37.5 Å². The van der Waals surface area contributed by atoms with Gasteiger partial charge in [0.05, 0.1) is 12.6 Å². The molecule has 3 aromatic rings. The second-order valence-corrected chi connectivity index (χ2v) is 7.50. The first-order valence-electron chi connectivity index (χ1n) is 8.93. The number of aryl methyl sites for hydroxylation is 1. The monoisotopic (exact) mass is 366 g/mol. The maximum absolute atomic E-state index is 5.85. The minimum atomic E-state index is 0.241. The smallest absolute Gasteiger partial charge is 0.191 e. The van der Waals surface area contributed by atoms with Crippen molar-refractivity contribution in [3.05, 3.63) is 59.9 Å². The fourth-order valence-corrected chi connectivity index (χ4v) is 4.00. The molecule has 0 unspecified atom stereocenters. The third kappa shape index (κ3) is 3.97. The van der Waals surface area contributed by atoms with Crippen LogP contribution in [0, 0.1) is 6.92 Å². The molecule has 5 nitrogen and oxygen atoms in total. The largest absolute Gasteiger partial charge is 0.376 e. The fourth-order valence-electron chi connectivity index (χ4n) is 3.10. The molecule has 0 radical (unpaired) electrons. The highest BCUT2D eigenvalue weighted by atomic mass is 32.2. The van der Waals surface area contributed by atoms with Gasteiger partial charge in [0.2, 0.25) is 0 Å². The van der Waals surface area contributed by atoms with E-state index in [1.54, 1.807) is 24.2 Å². The Labute approximate surface area is 157 Å². The summed E-state index contributed by atoms with van der Waals surface area (Å²) in [4.78, 5) is 4.11. The topological polar surface area (TPSA) is 52.8 Å². The SMILES string of the molecule is Cc1ccc(CSc2nnc(-c3ccncc3)n2C[C@@H]2CCCO2)cc1. The van der Waals surface area contributed by atoms with Gasteiger partial charge in [0.15, 0.2) is 11.0 Å². The zero-order valence-electron chi connectivity index (χ0n) is 14.8. The highest BCUT2D eigenvalue weighted by molar-refractivity contribution is 7.98. The van der Waals surface area contributed by atoms with E-state index in [-0.39, 0.29) is 6.10 Å². The van der Waals surface area contributed by atoms with Crippen LogP contribution in [-0.4, -0.2) is 32.5 Å². The minimum Gasteiger partial charge on any atom is -0.376 e. The van der Waals surface area contributed by atoms with Crippen LogP contribution in [0.5, 0.6) is 0 Å². The summed E-state index contributed by atoms with van der Waals surface area (Å²) in [5, 5.41) is 9.87. The van der Waals surface area contributed by atoms with E-state index in [1.807, 2.05) is 12.1 Å². The van der Waals surface area contributed by atoms with Gasteiger partial charge in [-0.1, -0.05) is 41.6 Å². The van der Waals surface area contributed by atoms with Crippen molar-refractivity contribution in [2.75, 3.05) is 6.61 Å². The van der Waals surface area contributed by atoms with Crippen molar-refractivity contribution in [3.8, 4) is 11.4 Å². The van der Waals surface area contributed by atoms with Gasteiger partial charge < -0.3 is 4.74 Å². The third-order valence-electron chi connectivity index (χ3n) is 4.55. The van der Waals surface area contributed by atoms with Gasteiger partial charge in [-0.3, -0.25) is 9.55 Å². The molecule has 0 spiro atoms. The van der Waals surface area contributed by atoms with Crippen molar-refractivity contribution in [2.45, 2.75) is 43.3 Å². The first kappa shape index (κ1) is 17.2. The van der Waals surface area contributed by atoms with Gasteiger partial charge in [0.1, 0.15) is 0 Å². The van der Waals surface area contributed by atoms with Gasteiger partial charge in [0.25, 0.3) is 0 Å². The normalized spacial score (nSPS) is 16.9. The van der Waals surface area contributed by atoms with Crippen LogP contribution in [0.25, 0.3) is 11.4 Å². The van der Waals surface area contributed by atoms with Crippen molar-refractivity contribution in [2.24, 2.45) is 0 Å². The lowest BCUT2D eigenvalue weighted by Crippen LogP contribution is -2.16. The van der Waals surface area contributed by atoms with Gasteiger partial charge in [-0.25, -0.2) is 0 Å². The predicted octanol–water partition coefficient (Wildman–Crippen LogP) is 4.12. The molecule has 1 saturated heterocycles. The van der Waals surface area contributed by atoms with Gasteiger partial charge in [0, 0.05) is 30.3 Å². The highest BCUT2D eigenvalue weighted by Crippen LogP contribution is 2.28. The van der Waals surface area contributed by atoms with E-state index in [4.69, 9.17) is 4.74 Å². The summed E-state index contributed by atoms with van der Waals surface area (Å²) in [7, 11) is 0. The zero-order valence-corrected chi connectivity index (χ0v) is 15.7. The van der Waals surface area contributed by atoms with E-state index in [0.29, 0.717) is 0 Å². The Morgan fingerprint density at radius 3 is 2.65 bits per heavy atom. The molecular weight excluding hydrogens is 344 g/mol. The van der Waals surface area contributed by atoms with E-state index < -0.39 is 0 Å². The van der Waals surface area contributed by atoms with Gasteiger partial charge in [-0.15, -0.1) is 10.2 Å². The molecule has 0 amide bonds. The van der Waals surface area contributed by atoms with Crippen LogP contribution in [-0.2, 0) is 17.0 Å². The third-order valence-corrected chi connectivity index (χ3v) is 5.59. The molecule has 1 atom stereocenters. The van der Waals surface area contributed by atoms with Crippen LogP contribution in [0.1, 0.15) is 24.0 Å². The lowest BCUT2D eigenvalue weighted by atomic mass is 10.2. The molecule has 134 valence electrons. The van der Waals surface area contributed by atoms with Crippen LogP contribution in [0.15, 0.2) is 53.9 Å². The molecular formula is C20H22N4OS. The standard InChI is InChI=1S/C20H22N4OS/c1-15-4-6-16(7-5-15)14-26-20-23-22-19(17-8-10-21-11-9-17)24(20)13-18-3-2-12-25-18/h4-11,18H,2-3,12-14H2,1H3/t18-/m0/s1. The molecule has 0 N–H and O–H groups in total. The highest BCUT2D eigenvalue weighted by Gasteiger charge is 2.21. The Morgan fingerprint density at radius 1 is 1.12 bits per heavy atom. The summed E-state index contributed by atoms with van der Waals surface area (Å²) in [6.07, 6.45) is 6.04. The van der Waals surface area contributed by atoms with Crippen LogP contribution in [0.2, 0.25) is 0 Å². The molecule has 0 saturated carbocycles. The summed E-state index contributed by atoms with van der Waals surface area (Å²) in [5.41, 5.74) is 3.60. The number of thioether (sulfide) groups is 1. The number of ether oxygens (including phenoxy) is 1. The lowest BCUT2D eigenvalue weighted by molar-refractivity contribution is 0.0953. The molecule has 0 aliphatic carbocycles. The second-order valence-electron chi connectivity index (χ2n) is 6.56. The molecule has 1 fully saturated rings. The van der Waals surface area contributed by atoms with E-state index in [9.17, 15) is 0 Å². The first-order chi connectivity index (χ1) is 12.8. The molecule has 0 bridgehead atoms. The Morgan fingerprint density at radius 2 is 1.92 bits per heavy atom. The molecule has 1 aromatic carbocycles. The van der Waals surface area contributed by atoms with Gasteiger partial charge >= 0.3 is 0 Å². The van der Waals surface area contributed by atoms with E-state index >= 15 is 0 Å². The molecule has 2 aromatic heterocycles. The quantitative estimate of drug-likeness (QED) is 0.614. The van der Waals surface area contributed by atoms with Crippen molar-refractivity contribution >= 4 is 11.8 Å². The predicted molar refractivity (Wildman–Crippen MR) is 103 cm³/mol. The van der Waals surface area contributed by atoms with Crippen LogP contribution in [0.4, 0.5) is 0 Å². The molecule has 26 heavy (non-hydrogen) atoms. The van der Waals surface area contributed by atoms with Crippen molar-refractivity contribution in [1.29, 1.82) is 0 Å². The molecule has 1 aliphatic heterocycles. The van der Waals surface area contributed by atoms with Crippen LogP contribution in [0.3, 0.4) is 0 Å². The Bertz CT molecular complexity index is 842. The molecule has 1 aliphatic rings. The maximum atomic E-state index is 5.85. The van der Waals surface area contributed by atoms with Crippen LogP contribution < -0.4 is 0 Å².